The summed E-state index contributed by atoms with van der Waals surface area (Å²) in [6, 6.07) is 10.3. The van der Waals surface area contributed by atoms with E-state index >= 15 is 0 Å². The second kappa shape index (κ2) is 7.97. The van der Waals surface area contributed by atoms with Crippen LogP contribution >= 0.6 is 0 Å². The van der Waals surface area contributed by atoms with Crippen molar-refractivity contribution in [3.63, 3.8) is 0 Å². The first-order valence-corrected chi connectivity index (χ1v) is 10.8. The van der Waals surface area contributed by atoms with Crippen LogP contribution < -0.4 is 15.5 Å². The SMILES string of the molecule is O=C(NC1CC1)C1CCN(c2ccc(NC(=O)N3Cc4ccncc4C3)cc2)CC1. The molecule has 0 bridgehead atoms. The predicted molar refractivity (Wildman–Crippen MR) is 115 cm³/mol. The van der Waals surface area contributed by atoms with Gasteiger partial charge in [-0.15, -0.1) is 0 Å². The van der Waals surface area contributed by atoms with Gasteiger partial charge in [0.1, 0.15) is 0 Å². The number of benzene rings is 1. The summed E-state index contributed by atoms with van der Waals surface area (Å²) in [7, 11) is 0. The zero-order valence-corrected chi connectivity index (χ0v) is 17.0. The molecule has 7 heteroatoms. The minimum atomic E-state index is -0.0959. The highest BCUT2D eigenvalue weighted by atomic mass is 16.2. The van der Waals surface area contributed by atoms with Gasteiger partial charge < -0.3 is 20.4 Å². The molecule has 1 aliphatic carbocycles. The Morgan fingerprint density at radius 1 is 0.933 bits per heavy atom. The van der Waals surface area contributed by atoms with Gasteiger partial charge in [-0.2, -0.15) is 0 Å². The van der Waals surface area contributed by atoms with E-state index in [1.807, 2.05) is 36.5 Å². The Morgan fingerprint density at radius 2 is 1.67 bits per heavy atom. The van der Waals surface area contributed by atoms with Gasteiger partial charge in [0.05, 0.1) is 0 Å². The number of rotatable bonds is 4. The third kappa shape index (κ3) is 4.10. The van der Waals surface area contributed by atoms with Gasteiger partial charge in [-0.25, -0.2) is 4.79 Å². The monoisotopic (exact) mass is 405 g/mol. The third-order valence-corrected chi connectivity index (χ3v) is 6.29. The Labute approximate surface area is 176 Å². The lowest BCUT2D eigenvalue weighted by Gasteiger charge is -2.33. The lowest BCUT2D eigenvalue weighted by molar-refractivity contribution is -0.125. The number of amides is 3. The van der Waals surface area contributed by atoms with E-state index in [0.29, 0.717) is 19.1 Å². The van der Waals surface area contributed by atoms with Crippen LogP contribution in [0, 0.1) is 5.92 Å². The quantitative estimate of drug-likeness (QED) is 0.819. The highest BCUT2D eigenvalue weighted by Gasteiger charge is 2.30. The molecule has 3 heterocycles. The number of carbonyl (C=O) groups is 2. The van der Waals surface area contributed by atoms with E-state index in [1.165, 1.54) is 0 Å². The number of pyridine rings is 1. The number of aromatic nitrogens is 1. The third-order valence-electron chi connectivity index (χ3n) is 6.29. The molecular weight excluding hydrogens is 378 g/mol. The van der Waals surface area contributed by atoms with Gasteiger partial charge in [-0.1, -0.05) is 0 Å². The number of carbonyl (C=O) groups excluding carboxylic acids is 2. The van der Waals surface area contributed by atoms with Crippen LogP contribution in [0.2, 0.25) is 0 Å². The Kier molecular flexibility index (Phi) is 5.02. The lowest BCUT2D eigenvalue weighted by atomic mass is 9.95. The highest BCUT2D eigenvalue weighted by Crippen LogP contribution is 2.27. The maximum absolute atomic E-state index is 12.6. The van der Waals surface area contributed by atoms with Crippen LogP contribution in [-0.4, -0.2) is 41.0 Å². The first-order chi connectivity index (χ1) is 14.7. The van der Waals surface area contributed by atoms with E-state index in [4.69, 9.17) is 0 Å². The van der Waals surface area contributed by atoms with E-state index in [0.717, 1.165) is 61.3 Å². The lowest BCUT2D eigenvalue weighted by Crippen LogP contribution is -2.41. The van der Waals surface area contributed by atoms with E-state index in [9.17, 15) is 9.59 Å². The average Bonchev–Trinajstić information content (AvgIpc) is 3.48. The maximum Gasteiger partial charge on any atom is 0.322 e. The van der Waals surface area contributed by atoms with Crippen molar-refractivity contribution in [2.45, 2.75) is 44.8 Å². The summed E-state index contributed by atoms with van der Waals surface area (Å²) in [6.07, 6.45) is 7.64. The summed E-state index contributed by atoms with van der Waals surface area (Å²) >= 11 is 0. The Hall–Kier alpha value is -3.09. The van der Waals surface area contributed by atoms with Crippen molar-refractivity contribution in [1.82, 2.24) is 15.2 Å². The van der Waals surface area contributed by atoms with E-state index in [-0.39, 0.29) is 17.9 Å². The molecule has 30 heavy (non-hydrogen) atoms. The molecule has 2 aliphatic heterocycles. The van der Waals surface area contributed by atoms with Crippen LogP contribution in [0.25, 0.3) is 0 Å². The molecule has 2 aromatic rings. The number of anilines is 2. The molecule has 0 unspecified atom stereocenters. The molecule has 1 saturated carbocycles. The van der Waals surface area contributed by atoms with Crippen molar-refractivity contribution >= 4 is 23.3 Å². The van der Waals surface area contributed by atoms with Crippen molar-refractivity contribution in [3.8, 4) is 0 Å². The van der Waals surface area contributed by atoms with Crippen LogP contribution in [0.15, 0.2) is 42.7 Å². The van der Waals surface area contributed by atoms with E-state index < -0.39 is 0 Å². The average molecular weight is 406 g/mol. The number of fused-ring (bicyclic) bond motifs is 1. The minimum absolute atomic E-state index is 0.0959. The van der Waals surface area contributed by atoms with Crippen LogP contribution in [-0.2, 0) is 17.9 Å². The molecule has 2 N–H and O–H groups in total. The fourth-order valence-corrected chi connectivity index (χ4v) is 4.27. The zero-order valence-electron chi connectivity index (χ0n) is 17.0. The van der Waals surface area contributed by atoms with Crippen LogP contribution in [0.3, 0.4) is 0 Å². The van der Waals surface area contributed by atoms with E-state index in [1.54, 1.807) is 11.1 Å². The fraction of sp³-hybridized carbons (Fsp3) is 0.435. The van der Waals surface area contributed by atoms with Crippen LogP contribution in [0.1, 0.15) is 36.8 Å². The van der Waals surface area contributed by atoms with Gasteiger partial charge >= 0.3 is 6.03 Å². The second-order valence-corrected chi connectivity index (χ2v) is 8.52. The molecular formula is C23H27N5O2. The number of piperidine rings is 1. The fourth-order valence-electron chi connectivity index (χ4n) is 4.27. The summed E-state index contributed by atoms with van der Waals surface area (Å²) in [6.45, 7) is 2.98. The number of hydrogen-bond acceptors (Lipinski definition) is 4. The maximum atomic E-state index is 12.6. The molecule has 2 fully saturated rings. The molecule has 1 saturated heterocycles. The first kappa shape index (κ1) is 18.9. The molecule has 0 spiro atoms. The van der Waals surface area contributed by atoms with Gasteiger partial charge in [0, 0.05) is 61.9 Å². The predicted octanol–water partition coefficient (Wildman–Crippen LogP) is 3.12. The van der Waals surface area contributed by atoms with Crippen molar-refractivity contribution < 1.29 is 9.59 Å². The topological polar surface area (TPSA) is 77.6 Å². The van der Waals surface area contributed by atoms with Crippen molar-refractivity contribution in [1.29, 1.82) is 0 Å². The summed E-state index contributed by atoms with van der Waals surface area (Å²) in [5.41, 5.74) is 4.19. The Balaban J connectivity index is 1.13. The van der Waals surface area contributed by atoms with Gasteiger partial charge in [0.2, 0.25) is 5.91 Å². The number of nitrogens with zero attached hydrogens (tertiary/aromatic N) is 3. The molecule has 0 atom stereocenters. The Morgan fingerprint density at radius 3 is 2.37 bits per heavy atom. The molecule has 3 aliphatic rings. The zero-order chi connectivity index (χ0) is 20.5. The second-order valence-electron chi connectivity index (χ2n) is 8.52. The molecule has 0 radical (unpaired) electrons. The standard InChI is InChI=1S/C23H27N5O2/c29-22(25-19-1-2-19)16-8-11-27(12-9-16)21-5-3-20(4-6-21)26-23(30)28-14-17-7-10-24-13-18(17)15-28/h3-7,10,13,16,19H,1-2,8-9,11-12,14-15H2,(H,25,29)(H,26,30). The molecule has 1 aromatic carbocycles. The highest BCUT2D eigenvalue weighted by molar-refractivity contribution is 5.90. The minimum Gasteiger partial charge on any atom is -0.371 e. The van der Waals surface area contributed by atoms with Gasteiger partial charge in [0.15, 0.2) is 0 Å². The number of nitrogens with one attached hydrogen (secondary N) is 2. The molecule has 7 nitrogen and oxygen atoms in total. The smallest absolute Gasteiger partial charge is 0.322 e. The molecule has 156 valence electrons. The van der Waals surface area contributed by atoms with Crippen molar-refractivity contribution in [3.05, 3.63) is 53.9 Å². The largest absolute Gasteiger partial charge is 0.371 e. The number of hydrogen-bond donors (Lipinski definition) is 2. The molecule has 1 aromatic heterocycles. The van der Waals surface area contributed by atoms with Gasteiger partial charge in [-0.3, -0.25) is 9.78 Å². The first-order valence-electron chi connectivity index (χ1n) is 10.8. The van der Waals surface area contributed by atoms with Crippen LogP contribution in [0.4, 0.5) is 16.2 Å². The summed E-state index contributed by atoms with van der Waals surface area (Å²) < 4.78 is 0. The summed E-state index contributed by atoms with van der Waals surface area (Å²) in [4.78, 5) is 33.1. The van der Waals surface area contributed by atoms with Crippen LogP contribution in [0.5, 0.6) is 0 Å². The van der Waals surface area contributed by atoms with Gasteiger partial charge in [-0.05, 0) is 67.1 Å². The van der Waals surface area contributed by atoms with Crippen molar-refractivity contribution in [2.24, 2.45) is 5.92 Å². The Bertz CT molecular complexity index is 908. The normalized spacial score (nSPS) is 18.8. The molecule has 3 amide bonds. The van der Waals surface area contributed by atoms with E-state index in [2.05, 4.69) is 20.5 Å². The number of urea groups is 1. The molecule has 5 rings (SSSR count). The summed E-state index contributed by atoms with van der Waals surface area (Å²) in [5, 5.41) is 6.12. The summed E-state index contributed by atoms with van der Waals surface area (Å²) in [5.74, 6) is 0.371. The van der Waals surface area contributed by atoms with Crippen molar-refractivity contribution in [2.75, 3.05) is 23.3 Å². The van der Waals surface area contributed by atoms with Gasteiger partial charge in [0.25, 0.3) is 0 Å².